The Morgan fingerprint density at radius 3 is 2.48 bits per heavy atom. The SMILES string of the molecule is C#CCSc1nc(-c2ccc(OCC)cc2)nc2c1c(=O)n(C)c(=O)n2C. The summed E-state index contributed by atoms with van der Waals surface area (Å²) in [5.74, 6) is 4.03. The minimum absolute atomic E-state index is 0.279. The molecule has 0 unspecified atom stereocenters. The summed E-state index contributed by atoms with van der Waals surface area (Å²) in [6, 6.07) is 7.31. The zero-order valence-corrected chi connectivity index (χ0v) is 16.0. The van der Waals surface area contributed by atoms with Gasteiger partial charge in [-0.2, -0.15) is 0 Å². The molecular formula is C19H18N4O3S. The van der Waals surface area contributed by atoms with E-state index in [9.17, 15) is 9.59 Å². The van der Waals surface area contributed by atoms with Gasteiger partial charge in [0.05, 0.1) is 12.4 Å². The molecule has 2 heterocycles. The Hall–Kier alpha value is -3.05. The first-order chi connectivity index (χ1) is 13.0. The first-order valence-corrected chi connectivity index (χ1v) is 9.23. The molecular weight excluding hydrogens is 364 g/mol. The van der Waals surface area contributed by atoms with Gasteiger partial charge in [-0.15, -0.1) is 6.42 Å². The van der Waals surface area contributed by atoms with E-state index in [1.807, 2.05) is 31.2 Å². The first kappa shape index (κ1) is 18.7. The third-order valence-electron chi connectivity index (χ3n) is 3.98. The smallest absolute Gasteiger partial charge is 0.332 e. The molecule has 8 heteroatoms. The van der Waals surface area contributed by atoms with Crippen LogP contribution in [0.25, 0.3) is 22.4 Å². The fourth-order valence-electron chi connectivity index (χ4n) is 2.64. The Balaban J connectivity index is 2.27. The normalized spacial score (nSPS) is 10.7. The van der Waals surface area contributed by atoms with Crippen molar-refractivity contribution in [3.05, 3.63) is 45.1 Å². The van der Waals surface area contributed by atoms with E-state index >= 15 is 0 Å². The van der Waals surface area contributed by atoms with Crippen LogP contribution in [0.5, 0.6) is 5.75 Å². The summed E-state index contributed by atoms with van der Waals surface area (Å²) in [6.07, 6.45) is 5.37. The minimum atomic E-state index is -0.447. The number of rotatable bonds is 5. The van der Waals surface area contributed by atoms with Gasteiger partial charge in [-0.1, -0.05) is 17.7 Å². The highest BCUT2D eigenvalue weighted by Gasteiger charge is 2.18. The van der Waals surface area contributed by atoms with Gasteiger partial charge in [-0.3, -0.25) is 13.9 Å². The van der Waals surface area contributed by atoms with Gasteiger partial charge in [-0.05, 0) is 31.2 Å². The molecule has 2 aromatic heterocycles. The molecule has 0 fully saturated rings. The van der Waals surface area contributed by atoms with Crippen LogP contribution in [0.15, 0.2) is 38.9 Å². The number of nitrogens with zero attached hydrogens (tertiary/aromatic N) is 4. The number of terminal acetylenes is 1. The van der Waals surface area contributed by atoms with Gasteiger partial charge in [0.25, 0.3) is 5.56 Å². The maximum absolute atomic E-state index is 12.6. The lowest BCUT2D eigenvalue weighted by Gasteiger charge is -2.11. The lowest BCUT2D eigenvalue weighted by atomic mass is 10.2. The minimum Gasteiger partial charge on any atom is -0.494 e. The van der Waals surface area contributed by atoms with E-state index in [0.717, 1.165) is 15.9 Å². The molecule has 0 amide bonds. The molecule has 3 rings (SSSR count). The number of hydrogen-bond donors (Lipinski definition) is 0. The number of aromatic nitrogens is 4. The number of hydrogen-bond acceptors (Lipinski definition) is 6. The van der Waals surface area contributed by atoms with Crippen LogP contribution < -0.4 is 16.0 Å². The molecule has 0 saturated heterocycles. The van der Waals surface area contributed by atoms with Crippen LogP contribution >= 0.6 is 11.8 Å². The zero-order chi connectivity index (χ0) is 19.6. The molecule has 0 atom stereocenters. The standard InChI is InChI=1S/C19H18N4O3S/c1-5-11-27-17-14-16(22(3)19(25)23(4)18(14)24)20-15(21-17)12-7-9-13(10-8-12)26-6-2/h1,7-10H,6,11H2,2-4H3. The summed E-state index contributed by atoms with van der Waals surface area (Å²) in [5.41, 5.74) is 0.139. The van der Waals surface area contributed by atoms with E-state index in [2.05, 4.69) is 15.9 Å². The summed E-state index contributed by atoms with van der Waals surface area (Å²) in [5, 5.41) is 0.743. The number of thioether (sulfide) groups is 1. The van der Waals surface area contributed by atoms with E-state index in [4.69, 9.17) is 11.2 Å². The summed E-state index contributed by atoms with van der Waals surface area (Å²) in [6.45, 7) is 2.49. The number of ether oxygens (including phenoxy) is 1. The van der Waals surface area contributed by atoms with Gasteiger partial charge < -0.3 is 4.74 Å². The van der Waals surface area contributed by atoms with Crippen molar-refractivity contribution in [3.8, 4) is 29.5 Å². The van der Waals surface area contributed by atoms with Crippen molar-refractivity contribution in [1.29, 1.82) is 0 Å². The first-order valence-electron chi connectivity index (χ1n) is 8.25. The van der Waals surface area contributed by atoms with Gasteiger partial charge in [0.1, 0.15) is 16.2 Å². The molecule has 7 nitrogen and oxygen atoms in total. The molecule has 27 heavy (non-hydrogen) atoms. The van der Waals surface area contributed by atoms with Gasteiger partial charge in [0, 0.05) is 19.7 Å². The lowest BCUT2D eigenvalue weighted by Crippen LogP contribution is -2.37. The molecule has 0 aliphatic heterocycles. The second kappa shape index (κ2) is 7.68. The second-order valence-electron chi connectivity index (χ2n) is 5.71. The van der Waals surface area contributed by atoms with E-state index < -0.39 is 11.2 Å². The third kappa shape index (κ3) is 3.46. The molecule has 0 aliphatic carbocycles. The van der Waals surface area contributed by atoms with Crippen molar-refractivity contribution in [1.82, 2.24) is 19.1 Å². The summed E-state index contributed by atoms with van der Waals surface area (Å²) >= 11 is 1.27. The lowest BCUT2D eigenvalue weighted by molar-refractivity contribution is 0.340. The number of fused-ring (bicyclic) bond motifs is 1. The molecule has 138 valence electrons. The Morgan fingerprint density at radius 1 is 1.15 bits per heavy atom. The van der Waals surface area contributed by atoms with Crippen molar-refractivity contribution >= 4 is 22.8 Å². The monoisotopic (exact) mass is 382 g/mol. The number of aryl methyl sites for hydroxylation is 1. The van der Waals surface area contributed by atoms with Crippen LogP contribution in [0.1, 0.15) is 6.92 Å². The molecule has 0 spiro atoms. The summed E-state index contributed by atoms with van der Waals surface area (Å²) in [7, 11) is 3.01. The van der Waals surface area contributed by atoms with Crippen LogP contribution in [0.4, 0.5) is 0 Å². The predicted molar refractivity (Wildman–Crippen MR) is 106 cm³/mol. The van der Waals surface area contributed by atoms with Crippen LogP contribution in [0.3, 0.4) is 0 Å². The molecule has 0 N–H and O–H groups in total. The Kier molecular flexibility index (Phi) is 5.33. The van der Waals surface area contributed by atoms with Crippen molar-refractivity contribution in [3.63, 3.8) is 0 Å². The van der Waals surface area contributed by atoms with Crippen molar-refractivity contribution in [2.75, 3.05) is 12.4 Å². The quantitative estimate of drug-likeness (QED) is 0.380. The predicted octanol–water partition coefficient (Wildman–Crippen LogP) is 1.82. The Labute approximate surface area is 160 Å². The fraction of sp³-hybridized carbons (Fsp3) is 0.263. The third-order valence-corrected chi connectivity index (χ3v) is 4.86. The van der Waals surface area contributed by atoms with Gasteiger partial charge >= 0.3 is 5.69 Å². The van der Waals surface area contributed by atoms with Crippen LogP contribution in [-0.4, -0.2) is 31.5 Å². The number of benzene rings is 1. The van der Waals surface area contributed by atoms with Crippen LogP contribution in [0.2, 0.25) is 0 Å². The highest BCUT2D eigenvalue weighted by molar-refractivity contribution is 7.99. The summed E-state index contributed by atoms with van der Waals surface area (Å²) < 4.78 is 7.84. The fourth-order valence-corrected chi connectivity index (χ4v) is 3.33. The molecule has 0 radical (unpaired) electrons. The maximum Gasteiger partial charge on any atom is 0.332 e. The van der Waals surface area contributed by atoms with Crippen molar-refractivity contribution in [2.24, 2.45) is 14.1 Å². The maximum atomic E-state index is 12.6. The summed E-state index contributed by atoms with van der Waals surface area (Å²) in [4.78, 5) is 34.0. The zero-order valence-electron chi connectivity index (χ0n) is 15.2. The molecule has 0 saturated carbocycles. The highest BCUT2D eigenvalue weighted by atomic mass is 32.2. The van der Waals surface area contributed by atoms with E-state index in [1.165, 1.54) is 23.4 Å². The molecule has 0 aliphatic rings. The van der Waals surface area contributed by atoms with E-state index in [-0.39, 0.29) is 11.0 Å². The second-order valence-corrected chi connectivity index (χ2v) is 6.67. The Bertz CT molecular complexity index is 1160. The van der Waals surface area contributed by atoms with Gasteiger partial charge in [0.15, 0.2) is 11.5 Å². The average Bonchev–Trinajstić information content (AvgIpc) is 2.69. The Morgan fingerprint density at radius 2 is 1.85 bits per heavy atom. The topological polar surface area (TPSA) is 79.0 Å². The molecule has 1 aromatic carbocycles. The average molecular weight is 382 g/mol. The largest absolute Gasteiger partial charge is 0.494 e. The van der Waals surface area contributed by atoms with Crippen molar-refractivity contribution in [2.45, 2.75) is 11.9 Å². The molecule has 3 aromatic rings. The van der Waals surface area contributed by atoms with Gasteiger partial charge in [-0.25, -0.2) is 14.8 Å². The highest BCUT2D eigenvalue weighted by Crippen LogP contribution is 2.26. The molecule has 0 bridgehead atoms. The van der Waals surface area contributed by atoms with Crippen LogP contribution in [0, 0.1) is 12.3 Å². The van der Waals surface area contributed by atoms with Crippen LogP contribution in [-0.2, 0) is 14.1 Å². The van der Waals surface area contributed by atoms with E-state index in [1.54, 1.807) is 7.05 Å². The van der Waals surface area contributed by atoms with Crippen molar-refractivity contribution < 1.29 is 4.74 Å². The van der Waals surface area contributed by atoms with E-state index in [0.29, 0.717) is 23.2 Å². The van der Waals surface area contributed by atoms with Gasteiger partial charge in [0.2, 0.25) is 0 Å².